The van der Waals surface area contributed by atoms with Crippen molar-refractivity contribution < 1.29 is 23.1 Å². The highest BCUT2D eigenvalue weighted by atomic mass is 19.1. The van der Waals surface area contributed by atoms with Crippen LogP contribution in [0.25, 0.3) is 0 Å². The van der Waals surface area contributed by atoms with Gasteiger partial charge in [0, 0.05) is 0 Å². The topological polar surface area (TPSA) is 63.3 Å². The molecule has 0 saturated heterocycles. The maximum atomic E-state index is 12.2. The summed E-state index contributed by atoms with van der Waals surface area (Å²) >= 11 is 0. The van der Waals surface area contributed by atoms with Gasteiger partial charge in [-0.15, -0.1) is 0 Å². The van der Waals surface area contributed by atoms with Gasteiger partial charge >= 0.3 is 5.97 Å². The first kappa shape index (κ1) is 12.2. The molecule has 0 spiro atoms. The Bertz CT molecular complexity index is 165. The summed E-state index contributed by atoms with van der Waals surface area (Å²) in [7, 11) is 0. The summed E-state index contributed by atoms with van der Waals surface area (Å²) in [5.74, 6) is -1.39. The Labute approximate surface area is 73.7 Å². The predicted molar refractivity (Wildman–Crippen MR) is 40.6 cm³/mol. The normalized spacial score (nSPS) is 14.2. The number of aliphatic carboxylic acids is 1. The molecular formula is C7H12F3NO2. The van der Waals surface area contributed by atoms with Gasteiger partial charge in [-0.3, -0.25) is 18.0 Å². The zero-order valence-corrected chi connectivity index (χ0v) is 6.97. The fourth-order valence-electron chi connectivity index (χ4n) is 0.825. The molecule has 1 atom stereocenters. The second-order valence-electron chi connectivity index (χ2n) is 3.05. The number of rotatable bonds is 6. The summed E-state index contributed by atoms with van der Waals surface area (Å²) in [6.07, 6.45) is -0.536. The minimum absolute atomic E-state index is 0.536. The predicted octanol–water partition coefficient (Wildman–Crippen LogP) is 0.683. The van der Waals surface area contributed by atoms with Crippen LogP contribution in [-0.4, -0.2) is 37.1 Å². The highest BCUT2D eigenvalue weighted by molar-refractivity contribution is 5.73. The Morgan fingerprint density at radius 2 is 1.69 bits per heavy atom. The summed E-state index contributed by atoms with van der Waals surface area (Å²) in [5, 5.41) is 8.34. The van der Waals surface area contributed by atoms with Crippen LogP contribution in [0.2, 0.25) is 0 Å². The maximum Gasteiger partial charge on any atom is 0.320 e. The summed E-state index contributed by atoms with van der Waals surface area (Å²) in [6, 6.07) is -1.43. The number of carboxylic acids is 1. The van der Waals surface area contributed by atoms with Crippen LogP contribution in [0.4, 0.5) is 13.2 Å². The van der Waals surface area contributed by atoms with E-state index in [1.807, 2.05) is 0 Å². The number of alkyl halides is 3. The van der Waals surface area contributed by atoms with Crippen molar-refractivity contribution in [3.8, 4) is 0 Å². The van der Waals surface area contributed by atoms with Crippen LogP contribution >= 0.6 is 0 Å². The molecule has 0 amide bonds. The third-order valence-electron chi connectivity index (χ3n) is 1.82. The van der Waals surface area contributed by atoms with E-state index in [0.29, 0.717) is 0 Å². The van der Waals surface area contributed by atoms with Crippen LogP contribution in [0.1, 0.15) is 6.42 Å². The van der Waals surface area contributed by atoms with E-state index in [-0.39, 0.29) is 0 Å². The van der Waals surface area contributed by atoms with Crippen molar-refractivity contribution >= 4 is 5.97 Å². The number of carboxylic acid groups (broad SMARTS) is 1. The lowest BCUT2D eigenvalue weighted by Crippen LogP contribution is -2.41. The molecule has 0 saturated carbocycles. The average molecular weight is 199 g/mol. The van der Waals surface area contributed by atoms with Crippen molar-refractivity contribution in [1.29, 1.82) is 0 Å². The molecule has 0 aliphatic rings. The van der Waals surface area contributed by atoms with E-state index in [9.17, 15) is 18.0 Å². The third-order valence-corrected chi connectivity index (χ3v) is 1.82. The molecule has 1 unspecified atom stereocenters. The second-order valence-corrected chi connectivity index (χ2v) is 3.05. The minimum atomic E-state index is -1.88. The number of carbonyl (C=O) groups is 1. The quantitative estimate of drug-likeness (QED) is 0.661. The largest absolute Gasteiger partial charge is 0.480 e. The molecule has 0 aromatic rings. The van der Waals surface area contributed by atoms with Crippen molar-refractivity contribution in [2.45, 2.75) is 12.5 Å². The zero-order valence-electron chi connectivity index (χ0n) is 6.97. The standard InChI is InChI=1S/C7H12F3NO2/c8-2-7(3-9,4-10)1-5(11)6(12)13/h5H,1-4,11H2,(H,12,13). The fourth-order valence-corrected chi connectivity index (χ4v) is 0.825. The minimum Gasteiger partial charge on any atom is -0.480 e. The smallest absolute Gasteiger partial charge is 0.320 e. The van der Waals surface area contributed by atoms with Gasteiger partial charge in [-0.25, -0.2) is 0 Å². The summed E-state index contributed by atoms with van der Waals surface area (Å²) in [5.41, 5.74) is 3.15. The van der Waals surface area contributed by atoms with Crippen LogP contribution in [0.15, 0.2) is 0 Å². The van der Waals surface area contributed by atoms with E-state index in [0.717, 1.165) is 0 Å². The molecule has 6 heteroatoms. The molecule has 3 N–H and O–H groups in total. The van der Waals surface area contributed by atoms with Gasteiger partial charge in [-0.1, -0.05) is 0 Å². The fraction of sp³-hybridized carbons (Fsp3) is 0.857. The van der Waals surface area contributed by atoms with E-state index in [1.165, 1.54) is 0 Å². The van der Waals surface area contributed by atoms with Crippen molar-refractivity contribution in [2.75, 3.05) is 20.0 Å². The van der Waals surface area contributed by atoms with Gasteiger partial charge in [0.2, 0.25) is 0 Å². The highest BCUT2D eigenvalue weighted by Gasteiger charge is 2.35. The number of hydrogen-bond donors (Lipinski definition) is 2. The Hall–Kier alpha value is -0.780. The van der Waals surface area contributed by atoms with Gasteiger partial charge in [0.25, 0.3) is 0 Å². The van der Waals surface area contributed by atoms with Crippen molar-refractivity contribution in [3.63, 3.8) is 0 Å². The molecule has 0 radical (unpaired) electrons. The molecule has 0 aliphatic heterocycles. The van der Waals surface area contributed by atoms with Gasteiger partial charge in [-0.2, -0.15) is 0 Å². The first-order valence-electron chi connectivity index (χ1n) is 3.67. The SMILES string of the molecule is NC(CC(CF)(CF)CF)C(=O)O. The van der Waals surface area contributed by atoms with Gasteiger partial charge in [0.05, 0.1) is 5.41 Å². The van der Waals surface area contributed by atoms with Crippen molar-refractivity contribution in [3.05, 3.63) is 0 Å². The Kier molecular flexibility index (Phi) is 4.76. The molecular weight excluding hydrogens is 187 g/mol. The molecule has 78 valence electrons. The summed E-state index contributed by atoms with van der Waals surface area (Å²) in [6.45, 7) is -3.75. The van der Waals surface area contributed by atoms with Crippen LogP contribution < -0.4 is 5.73 Å². The van der Waals surface area contributed by atoms with Crippen molar-refractivity contribution in [1.82, 2.24) is 0 Å². The van der Waals surface area contributed by atoms with Gasteiger partial charge in [0.1, 0.15) is 26.1 Å². The number of hydrogen-bond acceptors (Lipinski definition) is 2. The van der Waals surface area contributed by atoms with Crippen LogP contribution in [0, 0.1) is 5.41 Å². The van der Waals surface area contributed by atoms with E-state index in [2.05, 4.69) is 0 Å². The molecule has 0 bridgehead atoms. The molecule has 0 aromatic heterocycles. The molecule has 0 rings (SSSR count). The summed E-state index contributed by atoms with van der Waals surface area (Å²) in [4.78, 5) is 10.2. The Morgan fingerprint density at radius 1 is 1.31 bits per heavy atom. The monoisotopic (exact) mass is 199 g/mol. The second kappa shape index (κ2) is 5.06. The van der Waals surface area contributed by atoms with Crippen LogP contribution in [-0.2, 0) is 4.79 Å². The summed E-state index contributed by atoms with van der Waals surface area (Å²) < 4.78 is 36.6. The van der Waals surface area contributed by atoms with E-state index in [1.54, 1.807) is 0 Å². The number of halogens is 3. The third kappa shape index (κ3) is 3.22. The Morgan fingerprint density at radius 3 is 1.92 bits per heavy atom. The van der Waals surface area contributed by atoms with Gasteiger partial charge in [-0.05, 0) is 6.42 Å². The van der Waals surface area contributed by atoms with E-state index >= 15 is 0 Å². The van der Waals surface area contributed by atoms with Crippen LogP contribution in [0.3, 0.4) is 0 Å². The highest BCUT2D eigenvalue weighted by Crippen LogP contribution is 2.25. The zero-order chi connectivity index (χ0) is 10.5. The van der Waals surface area contributed by atoms with Crippen LogP contribution in [0.5, 0.6) is 0 Å². The van der Waals surface area contributed by atoms with E-state index in [4.69, 9.17) is 10.8 Å². The molecule has 0 fully saturated rings. The first-order chi connectivity index (χ1) is 6.01. The molecule has 0 heterocycles. The molecule has 0 aromatic carbocycles. The average Bonchev–Trinajstić information content (AvgIpc) is 2.14. The lowest BCUT2D eigenvalue weighted by molar-refractivity contribution is -0.139. The first-order valence-corrected chi connectivity index (χ1v) is 3.67. The maximum absolute atomic E-state index is 12.2. The number of nitrogens with two attached hydrogens (primary N) is 1. The van der Waals surface area contributed by atoms with E-state index < -0.39 is 43.9 Å². The lowest BCUT2D eigenvalue weighted by Gasteiger charge is -2.25. The molecule has 0 aliphatic carbocycles. The molecule has 3 nitrogen and oxygen atoms in total. The molecule has 13 heavy (non-hydrogen) atoms. The van der Waals surface area contributed by atoms with Crippen molar-refractivity contribution in [2.24, 2.45) is 11.1 Å². The van der Waals surface area contributed by atoms with Gasteiger partial charge < -0.3 is 10.8 Å². The lowest BCUT2D eigenvalue weighted by atomic mass is 9.85. The van der Waals surface area contributed by atoms with Gasteiger partial charge in [0.15, 0.2) is 0 Å². The Balaban J connectivity index is 4.32.